The Balaban J connectivity index is 1.40. The minimum Gasteiger partial charge on any atom is -0.487 e. The van der Waals surface area contributed by atoms with Crippen molar-refractivity contribution in [3.63, 3.8) is 0 Å². The van der Waals surface area contributed by atoms with Crippen molar-refractivity contribution in [1.82, 2.24) is 9.97 Å². The molecule has 0 bridgehead atoms. The Morgan fingerprint density at radius 3 is 1.92 bits per heavy atom. The number of aromatic nitrogens is 2. The van der Waals surface area contributed by atoms with E-state index in [1.54, 1.807) is 0 Å². The smallest absolute Gasteiger partial charge is 0.347 e. The molecule has 0 saturated heterocycles. The van der Waals surface area contributed by atoms with Crippen LogP contribution in [0.25, 0.3) is 22.2 Å². The molecule has 7 nitrogen and oxygen atoms in total. The van der Waals surface area contributed by atoms with E-state index < -0.39 is 14.3 Å². The fourth-order valence-electron chi connectivity index (χ4n) is 5.94. The Kier molecular flexibility index (Phi) is 11.8. The van der Waals surface area contributed by atoms with Gasteiger partial charge in [-0.15, -0.1) is 0 Å². The number of esters is 1. The minimum atomic E-state index is -1.84. The standard InChI is InChI=1S/C45H50N2O5Si/c1-7-38-41(36-24-23-35-27-37(46-39(35)28-36)25-26-52-53(5,6)45(2,3)4)47-43(50-30-33-19-13-9-14-20-33)40(42(38)49-29-32-17-11-8-12-18-32)44(48)51-31-34-21-15-10-16-22-34/h8-24,27-28,46H,7,25-26,29-31H2,1-6H3. The minimum absolute atomic E-state index is 0.103. The predicted molar refractivity (Wildman–Crippen MR) is 215 cm³/mol. The second-order valence-corrected chi connectivity index (χ2v) is 19.7. The van der Waals surface area contributed by atoms with Crippen molar-refractivity contribution < 1.29 is 23.4 Å². The van der Waals surface area contributed by atoms with E-state index in [4.69, 9.17) is 23.6 Å². The molecule has 8 heteroatoms. The number of ether oxygens (including phenoxy) is 3. The molecule has 0 aliphatic heterocycles. The van der Waals surface area contributed by atoms with Gasteiger partial charge in [0.2, 0.25) is 5.88 Å². The zero-order chi connectivity index (χ0) is 37.4. The molecule has 1 N–H and O–H groups in total. The summed E-state index contributed by atoms with van der Waals surface area (Å²) >= 11 is 0. The van der Waals surface area contributed by atoms with Gasteiger partial charge >= 0.3 is 5.97 Å². The maximum absolute atomic E-state index is 14.1. The normalized spacial score (nSPS) is 11.8. The van der Waals surface area contributed by atoms with Crippen molar-refractivity contribution in [3.8, 4) is 22.9 Å². The van der Waals surface area contributed by atoms with Crippen molar-refractivity contribution in [1.29, 1.82) is 0 Å². The van der Waals surface area contributed by atoms with Crippen LogP contribution in [0.15, 0.2) is 115 Å². The highest BCUT2D eigenvalue weighted by molar-refractivity contribution is 6.74. The highest BCUT2D eigenvalue weighted by Gasteiger charge is 2.37. The number of rotatable bonds is 15. The molecule has 0 fully saturated rings. The molecule has 6 rings (SSSR count). The molecular formula is C45H50N2O5Si. The average molecular weight is 727 g/mol. The third kappa shape index (κ3) is 9.25. The van der Waals surface area contributed by atoms with Gasteiger partial charge in [-0.05, 0) is 58.8 Å². The summed E-state index contributed by atoms with van der Waals surface area (Å²) in [5.74, 6) is 0.0212. The molecule has 4 aromatic carbocycles. The third-order valence-electron chi connectivity index (χ3n) is 10.0. The van der Waals surface area contributed by atoms with E-state index in [1.807, 2.05) is 97.9 Å². The van der Waals surface area contributed by atoms with E-state index in [0.29, 0.717) is 24.5 Å². The van der Waals surface area contributed by atoms with Gasteiger partial charge in [-0.3, -0.25) is 0 Å². The molecule has 53 heavy (non-hydrogen) atoms. The molecule has 6 aromatic rings. The maximum Gasteiger partial charge on any atom is 0.347 e. The number of aromatic amines is 1. The number of hydrogen-bond acceptors (Lipinski definition) is 6. The van der Waals surface area contributed by atoms with Crippen molar-refractivity contribution in [2.75, 3.05) is 6.61 Å². The first kappa shape index (κ1) is 37.6. The second-order valence-electron chi connectivity index (χ2n) is 14.9. The van der Waals surface area contributed by atoms with Crippen LogP contribution in [-0.4, -0.2) is 30.9 Å². The predicted octanol–water partition coefficient (Wildman–Crippen LogP) is 10.9. The number of benzene rings is 4. The molecule has 0 atom stereocenters. The number of nitrogens with one attached hydrogen (secondary N) is 1. The fraction of sp³-hybridized carbons (Fsp3) is 0.289. The quantitative estimate of drug-likeness (QED) is 0.0838. The van der Waals surface area contributed by atoms with Crippen LogP contribution < -0.4 is 9.47 Å². The SMILES string of the molecule is CCc1c(-c2ccc3cc(CCO[Si](C)(C)C(C)(C)C)[nH]c3c2)nc(OCc2ccccc2)c(C(=O)OCc2ccccc2)c1OCc1ccccc1. The van der Waals surface area contributed by atoms with Gasteiger partial charge in [-0.2, -0.15) is 0 Å². The number of carbonyl (C=O) groups excluding carboxylic acids is 1. The summed E-state index contributed by atoms with van der Waals surface area (Å²) in [5, 5.41) is 1.27. The van der Waals surface area contributed by atoms with Gasteiger partial charge in [0.25, 0.3) is 0 Å². The number of fused-ring (bicyclic) bond motifs is 1. The van der Waals surface area contributed by atoms with Crippen molar-refractivity contribution in [2.24, 2.45) is 0 Å². The molecule has 0 spiro atoms. The molecule has 274 valence electrons. The highest BCUT2D eigenvalue weighted by Crippen LogP contribution is 2.40. The number of H-pyrrole nitrogens is 1. The van der Waals surface area contributed by atoms with Crippen molar-refractivity contribution >= 4 is 25.2 Å². The van der Waals surface area contributed by atoms with E-state index >= 15 is 0 Å². The zero-order valence-electron chi connectivity index (χ0n) is 31.7. The van der Waals surface area contributed by atoms with Crippen LogP contribution >= 0.6 is 0 Å². The van der Waals surface area contributed by atoms with Crippen LogP contribution in [0.4, 0.5) is 0 Å². The summed E-state index contributed by atoms with van der Waals surface area (Å²) in [7, 11) is -1.84. The number of hydrogen-bond donors (Lipinski definition) is 1. The number of carbonyl (C=O) groups is 1. The molecule has 0 aliphatic rings. The fourth-order valence-corrected chi connectivity index (χ4v) is 6.99. The first-order chi connectivity index (χ1) is 25.5. The monoisotopic (exact) mass is 726 g/mol. The lowest BCUT2D eigenvalue weighted by Crippen LogP contribution is -2.41. The molecular weight excluding hydrogens is 677 g/mol. The lowest BCUT2D eigenvalue weighted by molar-refractivity contribution is 0.0460. The van der Waals surface area contributed by atoms with E-state index in [0.717, 1.165) is 50.8 Å². The van der Waals surface area contributed by atoms with Gasteiger partial charge in [0.05, 0.1) is 5.69 Å². The summed E-state index contributed by atoms with van der Waals surface area (Å²) in [4.78, 5) is 22.9. The molecule has 0 aliphatic carbocycles. The maximum atomic E-state index is 14.1. The zero-order valence-corrected chi connectivity index (χ0v) is 32.7. The Morgan fingerprint density at radius 2 is 1.34 bits per heavy atom. The second kappa shape index (κ2) is 16.7. The molecule has 0 saturated carbocycles. The lowest BCUT2D eigenvalue weighted by Gasteiger charge is -2.36. The Morgan fingerprint density at radius 1 is 0.755 bits per heavy atom. The van der Waals surface area contributed by atoms with Crippen LogP contribution in [0.1, 0.15) is 66.0 Å². The van der Waals surface area contributed by atoms with Gasteiger partial charge in [0, 0.05) is 35.4 Å². The first-order valence-electron chi connectivity index (χ1n) is 18.4. The van der Waals surface area contributed by atoms with Crippen LogP contribution in [0.3, 0.4) is 0 Å². The van der Waals surface area contributed by atoms with E-state index in [1.165, 1.54) is 0 Å². The topological polar surface area (TPSA) is 82.7 Å². The van der Waals surface area contributed by atoms with E-state index in [-0.39, 0.29) is 36.3 Å². The molecule has 2 aromatic heterocycles. The van der Waals surface area contributed by atoms with Crippen molar-refractivity contribution in [2.45, 2.75) is 78.5 Å². The van der Waals surface area contributed by atoms with E-state index in [2.05, 4.69) is 63.1 Å². The summed E-state index contributed by atoms with van der Waals surface area (Å²) in [5.41, 5.74) is 7.48. The van der Waals surface area contributed by atoms with Crippen LogP contribution in [-0.2, 0) is 41.8 Å². The average Bonchev–Trinajstić information content (AvgIpc) is 3.57. The summed E-state index contributed by atoms with van der Waals surface area (Å²) in [6.07, 6.45) is 1.35. The molecule has 2 heterocycles. The molecule has 0 radical (unpaired) electrons. The van der Waals surface area contributed by atoms with Crippen LogP contribution in [0.5, 0.6) is 11.6 Å². The largest absolute Gasteiger partial charge is 0.487 e. The number of nitrogens with zero attached hydrogens (tertiary/aromatic N) is 1. The summed E-state index contributed by atoms with van der Waals surface area (Å²) < 4.78 is 25.4. The number of pyridine rings is 1. The van der Waals surface area contributed by atoms with Crippen molar-refractivity contribution in [3.05, 3.63) is 149 Å². The van der Waals surface area contributed by atoms with Gasteiger partial charge in [-0.1, -0.05) is 131 Å². The Hall–Kier alpha value is -5.18. The Bertz CT molecular complexity index is 2120. The van der Waals surface area contributed by atoms with Crippen LogP contribution in [0, 0.1) is 0 Å². The van der Waals surface area contributed by atoms with Gasteiger partial charge in [0.15, 0.2) is 13.9 Å². The van der Waals surface area contributed by atoms with E-state index in [9.17, 15) is 4.79 Å². The van der Waals surface area contributed by atoms with Crippen LogP contribution in [0.2, 0.25) is 18.1 Å². The Labute approximate surface area is 314 Å². The lowest BCUT2D eigenvalue weighted by atomic mass is 9.99. The molecule has 0 unspecified atom stereocenters. The van der Waals surface area contributed by atoms with Gasteiger partial charge in [-0.25, -0.2) is 9.78 Å². The summed E-state index contributed by atoms with van der Waals surface area (Å²) in [6, 6.07) is 37.9. The third-order valence-corrected chi connectivity index (χ3v) is 14.6. The van der Waals surface area contributed by atoms with Gasteiger partial charge < -0.3 is 23.6 Å². The molecule has 0 amide bonds. The summed E-state index contributed by atoms with van der Waals surface area (Å²) in [6.45, 7) is 14.6. The first-order valence-corrected chi connectivity index (χ1v) is 21.3. The highest BCUT2D eigenvalue weighted by atomic mass is 28.4. The van der Waals surface area contributed by atoms with Gasteiger partial charge in [0.1, 0.15) is 25.6 Å².